The minimum atomic E-state index is -1.02. The molecule has 3 N–H and O–H groups in total. The number of piperidine rings is 1. The molecule has 0 spiro atoms. The predicted molar refractivity (Wildman–Crippen MR) is 74.7 cm³/mol. The molecule has 1 aliphatic rings. The van der Waals surface area contributed by atoms with Crippen molar-refractivity contribution in [3.05, 3.63) is 0 Å². The van der Waals surface area contributed by atoms with E-state index >= 15 is 0 Å². The molecule has 0 aromatic carbocycles. The van der Waals surface area contributed by atoms with Gasteiger partial charge in [0.1, 0.15) is 6.04 Å². The van der Waals surface area contributed by atoms with Crippen LogP contribution in [0.15, 0.2) is 0 Å². The van der Waals surface area contributed by atoms with Crippen LogP contribution in [0.4, 0.5) is 4.79 Å². The van der Waals surface area contributed by atoms with Crippen LogP contribution < -0.4 is 10.6 Å². The quantitative estimate of drug-likeness (QED) is 0.584. The van der Waals surface area contributed by atoms with Crippen LogP contribution in [0.1, 0.15) is 25.7 Å². The topological polar surface area (TPSA) is 90.9 Å². The number of hydrogen-bond acceptors (Lipinski definition) is 4. The molecule has 2 unspecified atom stereocenters. The molecule has 1 fully saturated rings. The largest absolute Gasteiger partial charge is 0.480 e. The number of aliphatic carboxylic acids is 1. The van der Waals surface area contributed by atoms with E-state index in [1.807, 2.05) is 7.05 Å². The third-order valence-corrected chi connectivity index (χ3v) is 3.40. The first kappa shape index (κ1) is 16.7. The number of amides is 2. The van der Waals surface area contributed by atoms with Crippen LogP contribution in [0.2, 0.25) is 0 Å². The van der Waals surface area contributed by atoms with E-state index in [0.29, 0.717) is 19.4 Å². The number of urea groups is 1. The lowest BCUT2D eigenvalue weighted by Crippen LogP contribution is -2.52. The second-order valence-corrected chi connectivity index (χ2v) is 5.25. The number of carboxylic acids is 1. The van der Waals surface area contributed by atoms with Gasteiger partial charge in [-0.3, -0.25) is 0 Å². The van der Waals surface area contributed by atoms with E-state index in [0.717, 1.165) is 25.9 Å². The van der Waals surface area contributed by atoms with Crippen LogP contribution in [-0.2, 0) is 9.53 Å². The van der Waals surface area contributed by atoms with Crippen molar-refractivity contribution < 1.29 is 19.4 Å². The molecule has 116 valence electrons. The van der Waals surface area contributed by atoms with Crippen LogP contribution in [-0.4, -0.2) is 67.9 Å². The molecule has 0 radical (unpaired) electrons. The van der Waals surface area contributed by atoms with Crippen molar-refractivity contribution in [2.75, 3.05) is 33.9 Å². The molecule has 1 aliphatic heterocycles. The van der Waals surface area contributed by atoms with Crippen molar-refractivity contribution in [2.45, 2.75) is 37.8 Å². The Balaban J connectivity index is 2.35. The van der Waals surface area contributed by atoms with Crippen molar-refractivity contribution in [3.8, 4) is 0 Å². The van der Waals surface area contributed by atoms with Crippen LogP contribution in [0.3, 0.4) is 0 Å². The summed E-state index contributed by atoms with van der Waals surface area (Å²) in [6.45, 7) is 2.32. The van der Waals surface area contributed by atoms with Crippen LogP contribution in [0.25, 0.3) is 0 Å². The first-order valence-electron chi connectivity index (χ1n) is 7.00. The average Bonchev–Trinajstić information content (AvgIpc) is 2.37. The minimum absolute atomic E-state index is 0.0853. The van der Waals surface area contributed by atoms with E-state index in [-0.39, 0.29) is 6.04 Å². The van der Waals surface area contributed by atoms with Gasteiger partial charge in [-0.15, -0.1) is 0 Å². The van der Waals surface area contributed by atoms with Gasteiger partial charge in [-0.05, 0) is 39.3 Å². The van der Waals surface area contributed by atoms with Crippen molar-refractivity contribution in [2.24, 2.45) is 0 Å². The van der Waals surface area contributed by atoms with Gasteiger partial charge >= 0.3 is 12.0 Å². The fraction of sp³-hybridized carbons (Fsp3) is 0.846. The van der Waals surface area contributed by atoms with E-state index in [2.05, 4.69) is 15.5 Å². The predicted octanol–water partition coefficient (Wildman–Crippen LogP) is 0.260. The molecule has 0 aromatic rings. The van der Waals surface area contributed by atoms with Gasteiger partial charge in [0.2, 0.25) is 0 Å². The number of methoxy groups -OCH3 is 1. The molecule has 7 heteroatoms. The Bertz CT molecular complexity index is 325. The highest BCUT2D eigenvalue weighted by atomic mass is 16.5. The molecule has 20 heavy (non-hydrogen) atoms. The summed E-state index contributed by atoms with van der Waals surface area (Å²) >= 11 is 0. The van der Waals surface area contributed by atoms with Gasteiger partial charge in [-0.1, -0.05) is 0 Å². The highest BCUT2D eigenvalue weighted by Gasteiger charge is 2.23. The molecule has 1 heterocycles. The zero-order chi connectivity index (χ0) is 15.0. The number of hydrogen-bond donors (Lipinski definition) is 3. The maximum absolute atomic E-state index is 11.8. The van der Waals surface area contributed by atoms with E-state index in [4.69, 9.17) is 9.84 Å². The molecule has 0 bridgehead atoms. The lowest BCUT2D eigenvalue weighted by molar-refractivity contribution is -0.139. The standard InChI is InChI=1S/C13H25N3O4/c1-16-7-3-5-10(9-16)14-13(19)15-11(12(17)18)6-4-8-20-2/h10-11H,3-9H2,1-2H3,(H,17,18)(H2,14,15,19). The van der Waals surface area contributed by atoms with Crippen molar-refractivity contribution in [1.82, 2.24) is 15.5 Å². The highest BCUT2D eigenvalue weighted by Crippen LogP contribution is 2.07. The lowest BCUT2D eigenvalue weighted by atomic mass is 10.1. The SMILES string of the molecule is COCCCC(NC(=O)NC1CCCN(C)C1)C(=O)O. The Kier molecular flexibility index (Phi) is 7.32. The summed E-state index contributed by atoms with van der Waals surface area (Å²) in [7, 11) is 3.58. The summed E-state index contributed by atoms with van der Waals surface area (Å²) in [6, 6.07) is -1.19. The molecule has 2 amide bonds. The fourth-order valence-corrected chi connectivity index (χ4v) is 2.36. The Hall–Kier alpha value is -1.34. The van der Waals surface area contributed by atoms with E-state index in [1.54, 1.807) is 7.11 Å². The normalized spacial score (nSPS) is 21.2. The Labute approximate surface area is 119 Å². The molecule has 1 rings (SSSR count). The first-order valence-corrected chi connectivity index (χ1v) is 7.00. The molecular formula is C13H25N3O4. The Morgan fingerprint density at radius 2 is 2.25 bits per heavy atom. The Morgan fingerprint density at radius 1 is 1.50 bits per heavy atom. The smallest absolute Gasteiger partial charge is 0.326 e. The highest BCUT2D eigenvalue weighted by molar-refractivity contribution is 5.82. The summed E-state index contributed by atoms with van der Waals surface area (Å²) in [4.78, 5) is 25.1. The number of carboxylic acid groups (broad SMARTS) is 1. The number of carbonyl (C=O) groups excluding carboxylic acids is 1. The van der Waals surface area contributed by atoms with Gasteiger partial charge in [-0.25, -0.2) is 9.59 Å². The first-order chi connectivity index (χ1) is 9.52. The number of likely N-dealkylation sites (N-methyl/N-ethyl adjacent to an activating group) is 1. The van der Waals surface area contributed by atoms with Gasteiger partial charge in [0, 0.05) is 26.3 Å². The zero-order valence-corrected chi connectivity index (χ0v) is 12.2. The molecule has 7 nitrogen and oxygen atoms in total. The molecule has 1 saturated heterocycles. The minimum Gasteiger partial charge on any atom is -0.480 e. The van der Waals surface area contributed by atoms with Crippen molar-refractivity contribution >= 4 is 12.0 Å². The second kappa shape index (κ2) is 8.76. The van der Waals surface area contributed by atoms with Crippen LogP contribution in [0.5, 0.6) is 0 Å². The number of likely N-dealkylation sites (tertiary alicyclic amines) is 1. The van der Waals surface area contributed by atoms with E-state index < -0.39 is 18.0 Å². The second-order valence-electron chi connectivity index (χ2n) is 5.25. The summed E-state index contributed by atoms with van der Waals surface area (Å²) < 4.78 is 4.88. The molecule has 2 atom stereocenters. The number of nitrogens with zero attached hydrogens (tertiary/aromatic N) is 1. The van der Waals surface area contributed by atoms with Gasteiger partial charge in [-0.2, -0.15) is 0 Å². The van der Waals surface area contributed by atoms with Gasteiger partial charge < -0.3 is 25.4 Å². The summed E-state index contributed by atoms with van der Waals surface area (Å²) in [6.07, 6.45) is 2.93. The van der Waals surface area contributed by atoms with E-state index in [1.165, 1.54) is 0 Å². The number of rotatable bonds is 7. The Morgan fingerprint density at radius 3 is 2.85 bits per heavy atom. The van der Waals surface area contributed by atoms with Gasteiger partial charge in [0.05, 0.1) is 0 Å². The van der Waals surface area contributed by atoms with Crippen molar-refractivity contribution in [3.63, 3.8) is 0 Å². The summed E-state index contributed by atoms with van der Waals surface area (Å²) in [5, 5.41) is 14.4. The number of ether oxygens (including phenoxy) is 1. The molecular weight excluding hydrogens is 262 g/mol. The maximum Gasteiger partial charge on any atom is 0.326 e. The lowest BCUT2D eigenvalue weighted by Gasteiger charge is -2.30. The summed E-state index contributed by atoms with van der Waals surface area (Å²) in [5.74, 6) is -1.02. The van der Waals surface area contributed by atoms with E-state index in [9.17, 15) is 9.59 Å². The van der Waals surface area contributed by atoms with Gasteiger partial charge in [0.15, 0.2) is 0 Å². The number of carbonyl (C=O) groups is 2. The van der Waals surface area contributed by atoms with Crippen LogP contribution >= 0.6 is 0 Å². The van der Waals surface area contributed by atoms with Crippen molar-refractivity contribution in [1.29, 1.82) is 0 Å². The number of nitrogens with one attached hydrogen (secondary N) is 2. The van der Waals surface area contributed by atoms with Gasteiger partial charge in [0.25, 0.3) is 0 Å². The molecule has 0 saturated carbocycles. The third-order valence-electron chi connectivity index (χ3n) is 3.40. The maximum atomic E-state index is 11.8. The van der Waals surface area contributed by atoms with Crippen LogP contribution in [0, 0.1) is 0 Å². The zero-order valence-electron chi connectivity index (χ0n) is 12.2. The fourth-order valence-electron chi connectivity index (χ4n) is 2.36. The average molecular weight is 287 g/mol. The summed E-state index contributed by atoms with van der Waals surface area (Å²) in [5.41, 5.74) is 0. The monoisotopic (exact) mass is 287 g/mol. The molecule has 0 aromatic heterocycles. The third kappa shape index (κ3) is 6.21. The molecule has 0 aliphatic carbocycles.